The van der Waals surface area contributed by atoms with E-state index in [4.69, 9.17) is 0 Å². The van der Waals surface area contributed by atoms with Crippen LogP contribution in [0.5, 0.6) is 0 Å². The molecule has 118 valence electrons. The lowest BCUT2D eigenvalue weighted by atomic mass is 9.89. The fourth-order valence-corrected chi connectivity index (χ4v) is 2.71. The van der Waals surface area contributed by atoms with Crippen molar-refractivity contribution >= 4 is 0 Å². The molecule has 0 saturated carbocycles. The summed E-state index contributed by atoms with van der Waals surface area (Å²) in [4.78, 5) is 3.82. The molecule has 0 saturated heterocycles. The standard InChI is InChI=1S/C14H11F5N2O/c15-13(16)4-3-10-11(12(13)22)9(14(17,18)19)7-21(10)8-2-1-5-20-6-8/h1-2,5-7,12,22H,3-4H2. The predicted octanol–water partition coefficient (Wildman–Crippen LogP) is 3.51. The van der Waals surface area contributed by atoms with Gasteiger partial charge in [-0.25, -0.2) is 8.78 Å². The predicted molar refractivity (Wildman–Crippen MR) is 66.8 cm³/mol. The molecule has 3 nitrogen and oxygen atoms in total. The Balaban J connectivity index is 2.25. The maximum Gasteiger partial charge on any atom is 0.418 e. The number of hydrogen-bond acceptors (Lipinski definition) is 2. The van der Waals surface area contributed by atoms with E-state index in [1.54, 1.807) is 0 Å². The first-order chi connectivity index (χ1) is 10.2. The molecule has 1 N–H and O–H groups in total. The van der Waals surface area contributed by atoms with Crippen LogP contribution in [-0.2, 0) is 12.6 Å². The second kappa shape index (κ2) is 4.77. The zero-order valence-electron chi connectivity index (χ0n) is 11.1. The molecular formula is C14H11F5N2O. The highest BCUT2D eigenvalue weighted by atomic mass is 19.4. The van der Waals surface area contributed by atoms with Crippen molar-refractivity contribution in [1.29, 1.82) is 0 Å². The van der Waals surface area contributed by atoms with Crippen molar-refractivity contribution < 1.29 is 27.1 Å². The van der Waals surface area contributed by atoms with Gasteiger partial charge < -0.3 is 9.67 Å². The summed E-state index contributed by atoms with van der Waals surface area (Å²) in [6.07, 6.45) is -4.73. The second-order valence-electron chi connectivity index (χ2n) is 5.15. The average Bonchev–Trinajstić information content (AvgIpc) is 2.84. The number of fused-ring (bicyclic) bond motifs is 1. The molecule has 2 heterocycles. The van der Waals surface area contributed by atoms with E-state index in [1.165, 1.54) is 29.1 Å². The second-order valence-corrected chi connectivity index (χ2v) is 5.15. The Bertz CT molecular complexity index is 693. The third-order valence-corrected chi connectivity index (χ3v) is 3.75. The minimum absolute atomic E-state index is 0.0405. The topological polar surface area (TPSA) is 38.0 Å². The maximum atomic E-state index is 13.6. The molecule has 2 aromatic rings. The fraction of sp³-hybridized carbons (Fsp3) is 0.357. The molecule has 2 aromatic heterocycles. The van der Waals surface area contributed by atoms with Crippen LogP contribution in [0.25, 0.3) is 5.69 Å². The quantitative estimate of drug-likeness (QED) is 0.817. The van der Waals surface area contributed by atoms with Crippen molar-refractivity contribution in [1.82, 2.24) is 9.55 Å². The van der Waals surface area contributed by atoms with E-state index in [0.29, 0.717) is 5.69 Å². The van der Waals surface area contributed by atoms with Gasteiger partial charge in [-0.3, -0.25) is 4.98 Å². The molecule has 0 aromatic carbocycles. The van der Waals surface area contributed by atoms with E-state index in [-0.39, 0.29) is 12.1 Å². The Labute approximate surface area is 122 Å². The summed E-state index contributed by atoms with van der Waals surface area (Å²) in [5, 5.41) is 9.71. The number of nitrogens with zero attached hydrogens (tertiary/aromatic N) is 2. The summed E-state index contributed by atoms with van der Waals surface area (Å²) in [7, 11) is 0. The first-order valence-corrected chi connectivity index (χ1v) is 6.49. The molecule has 1 atom stereocenters. The lowest BCUT2D eigenvalue weighted by Crippen LogP contribution is -2.33. The maximum absolute atomic E-state index is 13.6. The lowest BCUT2D eigenvalue weighted by molar-refractivity contribution is -0.147. The van der Waals surface area contributed by atoms with Gasteiger partial charge in [0, 0.05) is 30.1 Å². The normalized spacial score (nSPS) is 20.7. The highest BCUT2D eigenvalue weighted by Gasteiger charge is 2.50. The molecule has 0 spiro atoms. The molecule has 1 unspecified atom stereocenters. The van der Waals surface area contributed by atoms with Gasteiger partial charge in [-0.1, -0.05) is 0 Å². The van der Waals surface area contributed by atoms with Crippen molar-refractivity contribution in [3.8, 4) is 5.69 Å². The molecule has 3 rings (SSSR count). The molecule has 0 radical (unpaired) electrons. The number of pyridine rings is 1. The SMILES string of the molecule is OC1c2c(C(F)(F)F)cn(-c3cccnc3)c2CCC1(F)F. The first-order valence-electron chi connectivity index (χ1n) is 6.49. The Morgan fingerprint density at radius 1 is 1.32 bits per heavy atom. The minimum atomic E-state index is -4.83. The van der Waals surface area contributed by atoms with Gasteiger partial charge in [0.2, 0.25) is 0 Å². The molecule has 0 bridgehead atoms. The van der Waals surface area contributed by atoms with Crippen LogP contribution in [0.15, 0.2) is 30.7 Å². The highest BCUT2D eigenvalue weighted by molar-refractivity contribution is 5.45. The van der Waals surface area contributed by atoms with Gasteiger partial charge in [0.05, 0.1) is 17.4 Å². The van der Waals surface area contributed by atoms with Crippen LogP contribution in [0.4, 0.5) is 22.0 Å². The molecular weight excluding hydrogens is 307 g/mol. The largest absolute Gasteiger partial charge is 0.418 e. The molecule has 1 aliphatic carbocycles. The van der Waals surface area contributed by atoms with Gasteiger partial charge in [-0.15, -0.1) is 0 Å². The lowest BCUT2D eigenvalue weighted by Gasteiger charge is -2.29. The third kappa shape index (κ3) is 2.27. The fourth-order valence-electron chi connectivity index (χ4n) is 2.71. The molecule has 22 heavy (non-hydrogen) atoms. The van der Waals surface area contributed by atoms with E-state index >= 15 is 0 Å². The number of rotatable bonds is 1. The number of aromatic nitrogens is 2. The summed E-state index contributed by atoms with van der Waals surface area (Å²) in [5.41, 5.74) is -1.61. The van der Waals surface area contributed by atoms with E-state index in [1.807, 2.05) is 0 Å². The molecule has 8 heteroatoms. The third-order valence-electron chi connectivity index (χ3n) is 3.75. The van der Waals surface area contributed by atoms with Gasteiger partial charge in [0.25, 0.3) is 5.92 Å². The molecule has 0 aliphatic heterocycles. The summed E-state index contributed by atoms with van der Waals surface area (Å²) < 4.78 is 67.8. The molecule has 0 fully saturated rings. The van der Waals surface area contributed by atoms with Gasteiger partial charge >= 0.3 is 6.18 Å². The van der Waals surface area contributed by atoms with E-state index in [0.717, 1.165) is 6.20 Å². The van der Waals surface area contributed by atoms with Crippen molar-refractivity contribution in [2.45, 2.75) is 31.0 Å². The zero-order chi connectivity index (χ0) is 16.1. The number of aliphatic hydroxyl groups is 1. The Kier molecular flexibility index (Phi) is 3.24. The Morgan fingerprint density at radius 2 is 2.05 bits per heavy atom. The van der Waals surface area contributed by atoms with Crippen molar-refractivity contribution in [2.75, 3.05) is 0 Å². The van der Waals surface area contributed by atoms with Gasteiger partial charge in [0.15, 0.2) is 0 Å². The Morgan fingerprint density at radius 3 is 2.64 bits per heavy atom. The molecule has 1 aliphatic rings. The summed E-state index contributed by atoms with van der Waals surface area (Å²) in [5.74, 6) is -3.58. The van der Waals surface area contributed by atoms with Crippen LogP contribution < -0.4 is 0 Å². The van der Waals surface area contributed by atoms with Gasteiger partial charge in [0.1, 0.15) is 6.10 Å². The smallest absolute Gasteiger partial charge is 0.382 e. The summed E-state index contributed by atoms with van der Waals surface area (Å²) in [6.45, 7) is 0. The van der Waals surface area contributed by atoms with E-state index in [9.17, 15) is 27.1 Å². The van der Waals surface area contributed by atoms with Crippen molar-refractivity contribution in [3.63, 3.8) is 0 Å². The van der Waals surface area contributed by atoms with E-state index < -0.39 is 35.8 Å². The average molecular weight is 318 g/mol. The van der Waals surface area contributed by atoms with Crippen LogP contribution in [-0.4, -0.2) is 20.6 Å². The minimum Gasteiger partial charge on any atom is -0.382 e. The Hall–Kier alpha value is -1.96. The van der Waals surface area contributed by atoms with E-state index in [2.05, 4.69) is 4.98 Å². The summed E-state index contributed by atoms with van der Waals surface area (Å²) >= 11 is 0. The monoisotopic (exact) mass is 318 g/mol. The van der Waals surface area contributed by atoms with Crippen LogP contribution in [0.3, 0.4) is 0 Å². The number of halogens is 5. The number of hydrogen-bond donors (Lipinski definition) is 1. The highest BCUT2D eigenvalue weighted by Crippen LogP contribution is 2.48. The van der Waals surface area contributed by atoms with Gasteiger partial charge in [-0.2, -0.15) is 13.2 Å². The number of alkyl halides is 5. The van der Waals surface area contributed by atoms with Crippen LogP contribution >= 0.6 is 0 Å². The van der Waals surface area contributed by atoms with Gasteiger partial charge in [-0.05, 0) is 18.6 Å². The summed E-state index contributed by atoms with van der Waals surface area (Å²) in [6, 6.07) is 3.05. The number of aliphatic hydroxyl groups excluding tert-OH is 1. The first kappa shape index (κ1) is 15.0. The van der Waals surface area contributed by atoms with Crippen LogP contribution in [0.2, 0.25) is 0 Å². The van der Waals surface area contributed by atoms with Crippen molar-refractivity contribution in [2.24, 2.45) is 0 Å². The molecule has 0 amide bonds. The zero-order valence-corrected chi connectivity index (χ0v) is 11.1. The van der Waals surface area contributed by atoms with Crippen LogP contribution in [0.1, 0.15) is 29.3 Å². The van der Waals surface area contributed by atoms with Crippen molar-refractivity contribution in [3.05, 3.63) is 47.5 Å². The van der Waals surface area contributed by atoms with Crippen LogP contribution in [0, 0.1) is 0 Å².